The number of hydrogen-bond acceptors (Lipinski definition) is 6. The first-order chi connectivity index (χ1) is 13.1. The number of nitrogens with one attached hydrogen (secondary N) is 2. The molecule has 0 atom stereocenters. The molecule has 27 heavy (non-hydrogen) atoms. The van der Waals surface area contributed by atoms with E-state index in [1.54, 1.807) is 56.7 Å². The number of anilines is 3. The fraction of sp³-hybridized carbons (Fsp3) is 0.105. The van der Waals surface area contributed by atoms with E-state index >= 15 is 0 Å². The van der Waals surface area contributed by atoms with E-state index < -0.39 is 0 Å². The Kier molecular flexibility index (Phi) is 5.73. The molecule has 0 saturated carbocycles. The smallest absolute Gasteiger partial charge is 0.274 e. The Labute approximate surface area is 161 Å². The van der Waals surface area contributed by atoms with E-state index in [1.165, 1.54) is 12.3 Å². The molecule has 2 aromatic carbocycles. The van der Waals surface area contributed by atoms with Crippen molar-refractivity contribution in [3.63, 3.8) is 0 Å². The van der Waals surface area contributed by atoms with E-state index in [2.05, 4.69) is 20.6 Å². The molecule has 0 saturated heterocycles. The molecule has 0 bridgehead atoms. The molecule has 0 radical (unpaired) electrons. The average Bonchev–Trinajstić information content (AvgIpc) is 2.68. The fourth-order valence-corrected chi connectivity index (χ4v) is 2.53. The predicted octanol–water partition coefficient (Wildman–Crippen LogP) is 4.14. The van der Waals surface area contributed by atoms with Crippen LogP contribution in [0.15, 0.2) is 54.7 Å². The number of hydrogen-bond donors (Lipinski definition) is 2. The average molecular weight is 385 g/mol. The molecule has 1 amide bonds. The van der Waals surface area contributed by atoms with Crippen LogP contribution in [0, 0.1) is 0 Å². The summed E-state index contributed by atoms with van der Waals surface area (Å²) in [6, 6.07) is 13.7. The molecule has 1 heterocycles. The van der Waals surface area contributed by atoms with E-state index in [-0.39, 0.29) is 17.5 Å². The lowest BCUT2D eigenvalue weighted by molar-refractivity contribution is 0.102. The van der Waals surface area contributed by atoms with Crippen LogP contribution in [-0.4, -0.2) is 30.1 Å². The van der Waals surface area contributed by atoms with Gasteiger partial charge in [-0.05, 0) is 36.4 Å². The van der Waals surface area contributed by atoms with Crippen molar-refractivity contribution in [1.82, 2.24) is 9.97 Å². The number of carbonyl (C=O) groups is 1. The third-order valence-corrected chi connectivity index (χ3v) is 3.86. The van der Waals surface area contributed by atoms with Gasteiger partial charge >= 0.3 is 0 Å². The number of nitrogens with zero attached hydrogens (tertiary/aromatic N) is 2. The van der Waals surface area contributed by atoms with Crippen molar-refractivity contribution in [2.24, 2.45) is 0 Å². The highest BCUT2D eigenvalue weighted by molar-refractivity contribution is 6.30. The highest BCUT2D eigenvalue weighted by atomic mass is 35.5. The molecule has 0 spiro atoms. The van der Waals surface area contributed by atoms with Crippen LogP contribution in [0.5, 0.6) is 11.5 Å². The molecule has 3 rings (SSSR count). The number of halogens is 1. The van der Waals surface area contributed by atoms with Gasteiger partial charge in [0.1, 0.15) is 17.2 Å². The number of aromatic nitrogens is 2. The van der Waals surface area contributed by atoms with Crippen LogP contribution in [0.1, 0.15) is 10.5 Å². The maximum absolute atomic E-state index is 12.4. The number of carbonyl (C=O) groups excluding carboxylic acids is 1. The highest BCUT2D eigenvalue weighted by Crippen LogP contribution is 2.30. The first kappa shape index (κ1) is 18.5. The largest absolute Gasteiger partial charge is 0.497 e. The Morgan fingerprint density at radius 2 is 1.93 bits per heavy atom. The molecule has 0 aliphatic heterocycles. The highest BCUT2D eigenvalue weighted by Gasteiger charge is 2.12. The quantitative estimate of drug-likeness (QED) is 0.664. The van der Waals surface area contributed by atoms with Gasteiger partial charge in [0.05, 0.1) is 19.9 Å². The van der Waals surface area contributed by atoms with Gasteiger partial charge in [0.25, 0.3) is 5.91 Å². The van der Waals surface area contributed by atoms with E-state index in [0.717, 1.165) is 0 Å². The lowest BCUT2D eigenvalue weighted by Crippen LogP contribution is -2.14. The third kappa shape index (κ3) is 4.65. The summed E-state index contributed by atoms with van der Waals surface area (Å²) < 4.78 is 10.5. The summed E-state index contributed by atoms with van der Waals surface area (Å²) in [7, 11) is 3.13. The van der Waals surface area contributed by atoms with E-state index in [4.69, 9.17) is 21.1 Å². The molecule has 0 aliphatic rings. The van der Waals surface area contributed by atoms with E-state index in [1.807, 2.05) is 0 Å². The summed E-state index contributed by atoms with van der Waals surface area (Å²) >= 11 is 5.93. The van der Waals surface area contributed by atoms with Crippen LogP contribution in [0.3, 0.4) is 0 Å². The van der Waals surface area contributed by atoms with Crippen LogP contribution in [0.4, 0.5) is 17.3 Å². The zero-order chi connectivity index (χ0) is 19.2. The van der Waals surface area contributed by atoms with E-state index in [9.17, 15) is 4.79 Å². The Balaban J connectivity index is 1.80. The lowest BCUT2D eigenvalue weighted by Gasteiger charge is -2.12. The molecular weight excluding hydrogens is 368 g/mol. The third-order valence-electron chi connectivity index (χ3n) is 3.62. The summed E-state index contributed by atoms with van der Waals surface area (Å²) in [5.74, 6) is 1.11. The van der Waals surface area contributed by atoms with Crippen LogP contribution in [-0.2, 0) is 0 Å². The molecule has 8 heteroatoms. The van der Waals surface area contributed by atoms with Crippen LogP contribution < -0.4 is 20.1 Å². The molecule has 7 nitrogen and oxygen atoms in total. The van der Waals surface area contributed by atoms with Gasteiger partial charge in [-0.2, -0.15) is 0 Å². The van der Waals surface area contributed by atoms with Gasteiger partial charge in [0, 0.05) is 23.0 Å². The summed E-state index contributed by atoms with van der Waals surface area (Å²) in [5.41, 5.74) is 1.40. The molecular formula is C19H17ClN4O3. The van der Waals surface area contributed by atoms with Gasteiger partial charge in [-0.1, -0.05) is 17.7 Å². The maximum atomic E-state index is 12.4. The molecule has 0 unspecified atom stereocenters. The lowest BCUT2D eigenvalue weighted by atomic mass is 10.2. The SMILES string of the molecule is COc1ccc(OC)c(Nc2nccc(C(=O)Nc3cccc(Cl)c3)n2)c1. The number of rotatable bonds is 6. The van der Waals surface area contributed by atoms with Crippen molar-refractivity contribution >= 4 is 34.8 Å². The zero-order valence-corrected chi connectivity index (χ0v) is 15.4. The summed E-state index contributed by atoms with van der Waals surface area (Å²) in [4.78, 5) is 20.8. The summed E-state index contributed by atoms with van der Waals surface area (Å²) in [6.07, 6.45) is 1.49. The van der Waals surface area contributed by atoms with Crippen LogP contribution >= 0.6 is 11.6 Å². The zero-order valence-electron chi connectivity index (χ0n) is 14.7. The molecule has 1 aromatic heterocycles. The van der Waals surface area contributed by atoms with Gasteiger partial charge in [-0.15, -0.1) is 0 Å². The molecule has 2 N–H and O–H groups in total. The van der Waals surface area contributed by atoms with Crippen LogP contribution in [0.2, 0.25) is 5.02 Å². The Bertz CT molecular complexity index is 965. The Morgan fingerprint density at radius 3 is 2.67 bits per heavy atom. The van der Waals surface area contributed by atoms with Crippen molar-refractivity contribution in [1.29, 1.82) is 0 Å². The minimum absolute atomic E-state index is 0.203. The normalized spacial score (nSPS) is 10.2. The second kappa shape index (κ2) is 8.37. The Hall–Kier alpha value is -3.32. The molecule has 3 aromatic rings. The number of methoxy groups -OCH3 is 2. The fourth-order valence-electron chi connectivity index (χ4n) is 2.34. The van der Waals surface area contributed by atoms with E-state index in [0.29, 0.717) is 27.9 Å². The molecule has 0 aliphatic carbocycles. The van der Waals surface area contributed by atoms with Gasteiger partial charge < -0.3 is 20.1 Å². The minimum atomic E-state index is -0.375. The first-order valence-corrected chi connectivity index (χ1v) is 8.36. The predicted molar refractivity (Wildman–Crippen MR) is 104 cm³/mol. The van der Waals surface area contributed by atoms with Gasteiger partial charge in [-0.3, -0.25) is 4.79 Å². The second-order valence-corrected chi connectivity index (χ2v) is 5.86. The van der Waals surface area contributed by atoms with Crippen molar-refractivity contribution in [3.05, 3.63) is 65.4 Å². The Morgan fingerprint density at radius 1 is 1.07 bits per heavy atom. The first-order valence-electron chi connectivity index (χ1n) is 7.98. The minimum Gasteiger partial charge on any atom is -0.497 e. The van der Waals surface area contributed by atoms with Crippen molar-refractivity contribution in [3.8, 4) is 11.5 Å². The maximum Gasteiger partial charge on any atom is 0.274 e. The topological polar surface area (TPSA) is 85.4 Å². The van der Waals surface area contributed by atoms with Crippen LogP contribution in [0.25, 0.3) is 0 Å². The standard InChI is InChI=1S/C19H17ClN4O3/c1-26-14-6-7-17(27-2)16(11-14)24-19-21-9-8-15(23-19)18(25)22-13-5-3-4-12(20)10-13/h3-11H,1-2H3,(H,22,25)(H,21,23,24). The van der Waals surface area contributed by atoms with Gasteiger partial charge in [-0.25, -0.2) is 9.97 Å². The monoisotopic (exact) mass is 384 g/mol. The molecule has 138 valence electrons. The van der Waals surface area contributed by atoms with Crippen molar-refractivity contribution in [2.75, 3.05) is 24.9 Å². The number of ether oxygens (including phenoxy) is 2. The summed E-state index contributed by atoms with van der Waals surface area (Å²) in [5, 5.41) is 6.31. The van der Waals surface area contributed by atoms with Gasteiger partial charge in [0.2, 0.25) is 5.95 Å². The number of benzene rings is 2. The van der Waals surface area contributed by atoms with Crippen molar-refractivity contribution in [2.45, 2.75) is 0 Å². The second-order valence-electron chi connectivity index (χ2n) is 5.42. The number of amides is 1. The summed E-state index contributed by atoms with van der Waals surface area (Å²) in [6.45, 7) is 0. The van der Waals surface area contributed by atoms with Crippen molar-refractivity contribution < 1.29 is 14.3 Å². The van der Waals surface area contributed by atoms with Gasteiger partial charge in [0.15, 0.2) is 0 Å². The molecule has 0 fully saturated rings.